The summed E-state index contributed by atoms with van der Waals surface area (Å²) in [5.74, 6) is 0. The Morgan fingerprint density at radius 2 is 0.812 bits per heavy atom. The van der Waals surface area contributed by atoms with E-state index in [4.69, 9.17) is 0 Å². The first-order chi connectivity index (χ1) is 14.9. The Hall–Kier alpha value is -3.46. The number of fused-ring (bicyclic) bond motifs is 2. The molecule has 0 radical (unpaired) electrons. The summed E-state index contributed by atoms with van der Waals surface area (Å²) in [6, 6.07) is 25.6. The standard InChI is InChI=1S/C28H20N2.2ClH/c1-2-10-24-23(9-1)27(15-13-21-7-5-17-29-19-21)25-11-3-4-12-26(25)28(24)16-14-22-8-6-18-30-20-22;;/h1-20H;2*1H/b15-13+,16-14+;;. The van der Waals surface area contributed by atoms with Gasteiger partial charge in [-0.3, -0.25) is 0 Å². The van der Waals surface area contributed by atoms with Gasteiger partial charge >= 0.3 is 0 Å². The van der Waals surface area contributed by atoms with Crippen LogP contribution in [0.5, 0.6) is 0 Å². The largest absolute Gasteiger partial charge is 1.00 e. The number of benzene rings is 3. The van der Waals surface area contributed by atoms with E-state index < -0.39 is 0 Å². The minimum Gasteiger partial charge on any atom is -1.00 e. The SMILES string of the molecule is C(=C\c1c2ccccc2c(/C=C/c2ccc[nH+]c2)c2ccccc12)/c1ccc[nH+]c1.[Cl-].[Cl-]. The zero-order valence-electron chi connectivity index (χ0n) is 17.3. The van der Waals surface area contributed by atoms with Crippen molar-refractivity contribution in [1.82, 2.24) is 0 Å². The highest BCUT2D eigenvalue weighted by Crippen LogP contribution is 2.35. The highest BCUT2D eigenvalue weighted by molar-refractivity contribution is 6.14. The molecule has 2 N–H and O–H groups in total. The Morgan fingerprint density at radius 3 is 1.12 bits per heavy atom. The minimum absolute atomic E-state index is 0. The zero-order chi connectivity index (χ0) is 20.2. The number of pyridine rings is 2. The lowest BCUT2D eigenvalue weighted by Crippen LogP contribution is -3.00. The lowest BCUT2D eigenvalue weighted by Gasteiger charge is -2.13. The summed E-state index contributed by atoms with van der Waals surface area (Å²) in [4.78, 5) is 6.30. The predicted octanol–water partition coefficient (Wildman–Crippen LogP) is -0.0300. The molecule has 3 aromatic carbocycles. The predicted molar refractivity (Wildman–Crippen MR) is 125 cm³/mol. The summed E-state index contributed by atoms with van der Waals surface area (Å²) in [6.07, 6.45) is 16.7. The summed E-state index contributed by atoms with van der Waals surface area (Å²) in [5, 5.41) is 5.02. The fourth-order valence-electron chi connectivity index (χ4n) is 3.94. The van der Waals surface area contributed by atoms with E-state index in [0.717, 1.165) is 11.1 Å². The number of rotatable bonds is 4. The van der Waals surface area contributed by atoms with E-state index in [2.05, 4.69) is 94.9 Å². The Bertz CT molecular complexity index is 1210. The summed E-state index contributed by atoms with van der Waals surface area (Å²) in [7, 11) is 0. The molecule has 0 saturated heterocycles. The number of halogens is 2. The van der Waals surface area contributed by atoms with Gasteiger partial charge in [0, 0.05) is 23.3 Å². The maximum absolute atomic E-state index is 3.15. The number of H-pyrrole nitrogens is 2. The normalized spacial score (nSPS) is 11.0. The van der Waals surface area contributed by atoms with Crippen LogP contribution in [0.2, 0.25) is 0 Å². The average molecular weight is 457 g/mol. The lowest BCUT2D eigenvalue weighted by molar-refractivity contribution is -0.378. The molecule has 5 rings (SSSR count). The van der Waals surface area contributed by atoms with Crippen LogP contribution in [-0.2, 0) is 0 Å². The van der Waals surface area contributed by atoms with Crippen molar-refractivity contribution in [3.05, 3.63) is 120 Å². The molecule has 0 aliphatic rings. The molecule has 0 atom stereocenters. The van der Waals surface area contributed by atoms with Crippen LogP contribution in [0, 0.1) is 0 Å². The van der Waals surface area contributed by atoms with Gasteiger partial charge in [0.15, 0.2) is 24.8 Å². The molecule has 158 valence electrons. The number of aromatic nitrogens is 2. The van der Waals surface area contributed by atoms with Crippen LogP contribution in [0.3, 0.4) is 0 Å². The van der Waals surface area contributed by atoms with Crippen LogP contribution in [0.15, 0.2) is 97.6 Å². The van der Waals surface area contributed by atoms with Crippen molar-refractivity contribution in [2.24, 2.45) is 0 Å². The Labute approximate surface area is 200 Å². The molecule has 0 saturated carbocycles. The Balaban J connectivity index is 0.00000144. The fraction of sp³-hybridized carbons (Fsp3) is 0. The van der Waals surface area contributed by atoms with E-state index >= 15 is 0 Å². The molecule has 0 unspecified atom stereocenters. The second kappa shape index (κ2) is 10.7. The van der Waals surface area contributed by atoms with Crippen LogP contribution in [0.1, 0.15) is 22.3 Å². The van der Waals surface area contributed by atoms with E-state index in [1.54, 1.807) is 0 Å². The molecule has 2 heterocycles. The quantitative estimate of drug-likeness (QED) is 0.340. The highest BCUT2D eigenvalue weighted by atomic mass is 35.5. The first-order valence-corrected chi connectivity index (χ1v) is 10.1. The van der Waals surface area contributed by atoms with Crippen LogP contribution >= 0.6 is 0 Å². The van der Waals surface area contributed by atoms with Crippen molar-refractivity contribution in [2.45, 2.75) is 0 Å². The summed E-state index contributed by atoms with van der Waals surface area (Å²) in [6.45, 7) is 0. The zero-order valence-corrected chi connectivity index (χ0v) is 18.8. The van der Waals surface area contributed by atoms with E-state index in [1.165, 1.54) is 32.7 Å². The molecule has 0 fully saturated rings. The second-order valence-electron chi connectivity index (χ2n) is 7.26. The molecule has 5 aromatic rings. The van der Waals surface area contributed by atoms with E-state index in [0.29, 0.717) is 0 Å². The lowest BCUT2D eigenvalue weighted by atomic mass is 9.91. The molecule has 0 aliphatic heterocycles. The third-order valence-corrected chi connectivity index (χ3v) is 5.36. The molecule has 4 heteroatoms. The van der Waals surface area contributed by atoms with Crippen molar-refractivity contribution in [3.63, 3.8) is 0 Å². The van der Waals surface area contributed by atoms with Gasteiger partial charge in [-0.15, -0.1) is 0 Å². The van der Waals surface area contributed by atoms with Crippen molar-refractivity contribution in [2.75, 3.05) is 0 Å². The highest BCUT2D eigenvalue weighted by Gasteiger charge is 2.10. The van der Waals surface area contributed by atoms with Gasteiger partial charge in [-0.1, -0.05) is 60.7 Å². The molecule has 0 aliphatic carbocycles. The van der Waals surface area contributed by atoms with Crippen molar-refractivity contribution in [1.29, 1.82) is 0 Å². The van der Waals surface area contributed by atoms with Crippen molar-refractivity contribution in [3.8, 4) is 0 Å². The van der Waals surface area contributed by atoms with Gasteiger partial charge in [0.25, 0.3) is 0 Å². The summed E-state index contributed by atoms with van der Waals surface area (Å²) >= 11 is 0. The number of hydrogen-bond donors (Lipinski definition) is 0. The molecular formula is C28H22Cl2N2. The maximum atomic E-state index is 3.15. The Morgan fingerprint density at radius 1 is 0.438 bits per heavy atom. The van der Waals surface area contributed by atoms with Gasteiger partial charge in [-0.05, 0) is 57.0 Å². The van der Waals surface area contributed by atoms with Gasteiger partial charge in [-0.25, -0.2) is 9.97 Å². The molecular weight excluding hydrogens is 435 g/mol. The second-order valence-corrected chi connectivity index (χ2v) is 7.26. The number of nitrogens with one attached hydrogen (secondary N) is 2. The number of hydrogen-bond acceptors (Lipinski definition) is 0. The minimum atomic E-state index is 0. The molecule has 0 spiro atoms. The smallest absolute Gasteiger partial charge is 0.174 e. The van der Waals surface area contributed by atoms with E-state index in [1.807, 2.05) is 36.9 Å². The van der Waals surface area contributed by atoms with Crippen LogP contribution in [-0.4, -0.2) is 0 Å². The van der Waals surface area contributed by atoms with Gasteiger partial charge in [0.1, 0.15) is 0 Å². The summed E-state index contributed by atoms with van der Waals surface area (Å²) in [5.41, 5.74) is 4.79. The molecule has 2 aromatic heterocycles. The first kappa shape index (κ1) is 23.2. The van der Waals surface area contributed by atoms with Crippen LogP contribution < -0.4 is 34.8 Å². The number of aromatic amines is 2. The average Bonchev–Trinajstić information content (AvgIpc) is 2.82. The molecule has 32 heavy (non-hydrogen) atoms. The fourth-order valence-corrected chi connectivity index (χ4v) is 3.94. The maximum Gasteiger partial charge on any atom is 0.174 e. The van der Waals surface area contributed by atoms with Gasteiger partial charge in [-0.2, -0.15) is 0 Å². The summed E-state index contributed by atoms with van der Waals surface area (Å²) < 4.78 is 0. The molecule has 0 bridgehead atoms. The third-order valence-electron chi connectivity index (χ3n) is 5.36. The third kappa shape index (κ3) is 4.72. The van der Waals surface area contributed by atoms with E-state index in [9.17, 15) is 0 Å². The van der Waals surface area contributed by atoms with Gasteiger partial charge < -0.3 is 24.8 Å². The molecule has 2 nitrogen and oxygen atoms in total. The monoisotopic (exact) mass is 456 g/mol. The van der Waals surface area contributed by atoms with Gasteiger partial charge in [0.2, 0.25) is 0 Å². The van der Waals surface area contributed by atoms with Crippen LogP contribution in [0.25, 0.3) is 45.8 Å². The topological polar surface area (TPSA) is 28.3 Å². The molecule has 0 amide bonds. The van der Waals surface area contributed by atoms with Crippen molar-refractivity contribution >= 4 is 45.8 Å². The van der Waals surface area contributed by atoms with Crippen molar-refractivity contribution < 1.29 is 34.8 Å². The van der Waals surface area contributed by atoms with Crippen LogP contribution in [0.4, 0.5) is 0 Å². The van der Waals surface area contributed by atoms with Gasteiger partial charge in [0.05, 0.1) is 0 Å². The Kier molecular flexibility index (Phi) is 7.77. The van der Waals surface area contributed by atoms with E-state index in [-0.39, 0.29) is 24.8 Å². The first-order valence-electron chi connectivity index (χ1n) is 10.1.